The Hall–Kier alpha value is -1.23. The molecule has 2 saturated heterocycles. The molecule has 9 atom stereocenters. The maximum Gasteiger partial charge on any atom is 0.171 e. The second kappa shape index (κ2) is 9.72. The largest absolute Gasteiger partial charge is 0.349 e. The fourth-order valence-corrected chi connectivity index (χ4v) is 4.26. The van der Waals surface area contributed by atoms with Crippen molar-refractivity contribution < 1.29 is 19.0 Å². The number of hydrogen-bond acceptors (Lipinski definition) is 4. The van der Waals surface area contributed by atoms with E-state index < -0.39 is 5.79 Å². The number of rotatable bonds is 3. The molecule has 0 N–H and O–H groups in total. The van der Waals surface area contributed by atoms with Crippen LogP contribution in [0.4, 0.5) is 0 Å². The van der Waals surface area contributed by atoms with Crippen LogP contribution in [0.1, 0.15) is 72.7 Å². The van der Waals surface area contributed by atoms with Crippen molar-refractivity contribution in [1.82, 2.24) is 0 Å². The smallest absolute Gasteiger partial charge is 0.171 e. The van der Waals surface area contributed by atoms with Gasteiger partial charge in [-0.25, -0.2) is 0 Å². The lowest BCUT2D eigenvalue weighted by molar-refractivity contribution is -0.343. The molecule has 4 heteroatoms. The van der Waals surface area contributed by atoms with E-state index in [0.717, 1.165) is 5.56 Å². The highest BCUT2D eigenvalue weighted by Crippen LogP contribution is 2.44. The summed E-state index contributed by atoms with van der Waals surface area (Å²) in [7, 11) is 0. The van der Waals surface area contributed by atoms with Gasteiger partial charge in [0.25, 0.3) is 0 Å². The minimum Gasteiger partial charge on any atom is -0.349 e. The summed E-state index contributed by atoms with van der Waals surface area (Å²) in [5.41, 5.74) is 0.775. The third-order valence-corrected chi connectivity index (χ3v) is 7.48. The zero-order valence-electron chi connectivity index (χ0n) is 19.6. The van der Waals surface area contributed by atoms with E-state index in [-0.39, 0.29) is 24.3 Å². The molecule has 2 fully saturated rings. The summed E-state index contributed by atoms with van der Waals surface area (Å²) < 4.78 is 18.6. The van der Waals surface area contributed by atoms with E-state index in [1.165, 1.54) is 0 Å². The SMILES string of the molecule is CC(=O)c1ccccc1.CC1O[C@H](O[C@]2(C)O[C@H](C)[C@H](C)C2C)C(C)[C@H](C)[C@@H]1C. The Morgan fingerprint density at radius 3 is 1.90 bits per heavy atom. The van der Waals surface area contributed by atoms with Gasteiger partial charge in [0.15, 0.2) is 17.9 Å². The summed E-state index contributed by atoms with van der Waals surface area (Å²) >= 11 is 0. The number of carbonyl (C=O) groups excluding carboxylic acids is 1. The van der Waals surface area contributed by atoms with E-state index in [9.17, 15) is 4.79 Å². The van der Waals surface area contributed by atoms with E-state index >= 15 is 0 Å². The number of Topliss-reactive ketones (excluding diaryl/α,β-unsaturated/α-hetero) is 1. The summed E-state index contributed by atoms with van der Waals surface area (Å²) in [5, 5.41) is 0. The first-order valence-corrected chi connectivity index (χ1v) is 11.0. The summed E-state index contributed by atoms with van der Waals surface area (Å²) in [5.74, 6) is 2.02. The van der Waals surface area contributed by atoms with Crippen LogP contribution in [-0.4, -0.2) is 30.1 Å². The quantitative estimate of drug-likeness (QED) is 0.584. The van der Waals surface area contributed by atoms with Crippen LogP contribution in [0, 0.1) is 29.6 Å². The molecule has 0 spiro atoms. The van der Waals surface area contributed by atoms with Crippen molar-refractivity contribution in [2.45, 2.75) is 86.6 Å². The second-order valence-corrected chi connectivity index (χ2v) is 9.31. The molecule has 2 heterocycles. The highest BCUT2D eigenvalue weighted by atomic mass is 16.8. The van der Waals surface area contributed by atoms with Gasteiger partial charge in [-0.15, -0.1) is 0 Å². The molecular formula is C25H40O4. The average Bonchev–Trinajstić information content (AvgIpc) is 2.88. The molecule has 0 aromatic heterocycles. The van der Waals surface area contributed by atoms with Crippen LogP contribution in [0.5, 0.6) is 0 Å². The minimum absolute atomic E-state index is 0.121. The molecule has 0 bridgehead atoms. The maximum atomic E-state index is 10.6. The average molecular weight is 405 g/mol. The Bertz CT molecular complexity index is 660. The number of ether oxygens (including phenoxy) is 3. The molecule has 29 heavy (non-hydrogen) atoms. The first kappa shape index (κ1) is 24.0. The Morgan fingerprint density at radius 2 is 1.45 bits per heavy atom. The lowest BCUT2D eigenvalue weighted by Crippen LogP contribution is -2.49. The first-order valence-electron chi connectivity index (χ1n) is 11.0. The normalized spacial score (nSPS) is 42.1. The number of hydrogen-bond donors (Lipinski definition) is 0. The van der Waals surface area contributed by atoms with E-state index in [2.05, 4.69) is 55.4 Å². The van der Waals surface area contributed by atoms with Crippen LogP contribution in [0.2, 0.25) is 0 Å². The van der Waals surface area contributed by atoms with Gasteiger partial charge in [0, 0.05) is 17.4 Å². The first-order chi connectivity index (χ1) is 13.5. The van der Waals surface area contributed by atoms with Gasteiger partial charge in [-0.1, -0.05) is 65.0 Å². The van der Waals surface area contributed by atoms with Crippen LogP contribution in [0.15, 0.2) is 30.3 Å². The highest BCUT2D eigenvalue weighted by molar-refractivity contribution is 5.93. The van der Waals surface area contributed by atoms with Crippen LogP contribution < -0.4 is 0 Å². The van der Waals surface area contributed by atoms with Gasteiger partial charge >= 0.3 is 0 Å². The van der Waals surface area contributed by atoms with Crippen molar-refractivity contribution in [3.8, 4) is 0 Å². The Balaban J connectivity index is 0.000000278. The van der Waals surface area contributed by atoms with Crippen molar-refractivity contribution in [3.05, 3.63) is 35.9 Å². The number of carbonyl (C=O) groups is 1. The molecule has 0 aliphatic carbocycles. The van der Waals surface area contributed by atoms with E-state index in [4.69, 9.17) is 14.2 Å². The summed E-state index contributed by atoms with van der Waals surface area (Å²) in [6, 6.07) is 9.23. The standard InChI is InChI=1S/C17H32O3.C8H8O/c1-9-10(2)14(6)18-16(11(9)3)20-17(8)13(5)12(4)15(7)19-17;1-7(9)8-5-3-2-4-6-8/h9-16H,1-8H3;2-6H,1H3/t9-,10+,11?,12-,13?,14?,15-,16-,17+;/m1./s1. The molecule has 0 saturated carbocycles. The van der Waals surface area contributed by atoms with Crippen molar-refractivity contribution in [2.24, 2.45) is 29.6 Å². The zero-order chi connectivity index (χ0) is 21.9. The summed E-state index contributed by atoms with van der Waals surface area (Å²) in [6.07, 6.45) is 0.310. The van der Waals surface area contributed by atoms with Crippen molar-refractivity contribution in [1.29, 1.82) is 0 Å². The van der Waals surface area contributed by atoms with E-state index in [0.29, 0.717) is 29.6 Å². The Kier molecular flexibility index (Phi) is 8.06. The molecule has 164 valence electrons. The summed E-state index contributed by atoms with van der Waals surface area (Å²) in [6.45, 7) is 19.2. The van der Waals surface area contributed by atoms with Crippen LogP contribution in [0.25, 0.3) is 0 Å². The van der Waals surface area contributed by atoms with Gasteiger partial charge in [-0.3, -0.25) is 4.79 Å². The maximum absolute atomic E-state index is 10.6. The molecule has 3 unspecified atom stereocenters. The molecule has 2 aliphatic heterocycles. The third-order valence-electron chi connectivity index (χ3n) is 7.48. The lowest BCUT2D eigenvalue weighted by Gasteiger charge is -2.45. The van der Waals surface area contributed by atoms with Crippen LogP contribution in [-0.2, 0) is 14.2 Å². The molecule has 4 nitrogen and oxygen atoms in total. The van der Waals surface area contributed by atoms with E-state index in [1.807, 2.05) is 30.3 Å². The monoisotopic (exact) mass is 404 g/mol. The third kappa shape index (κ3) is 5.48. The number of ketones is 1. The van der Waals surface area contributed by atoms with Gasteiger partial charge in [-0.2, -0.15) is 0 Å². The van der Waals surface area contributed by atoms with Crippen molar-refractivity contribution in [3.63, 3.8) is 0 Å². The molecule has 0 amide bonds. The predicted octanol–water partition coefficient (Wildman–Crippen LogP) is 5.95. The molecular weight excluding hydrogens is 364 g/mol. The van der Waals surface area contributed by atoms with Gasteiger partial charge < -0.3 is 14.2 Å². The van der Waals surface area contributed by atoms with Gasteiger partial charge in [-0.05, 0) is 45.4 Å². The number of benzene rings is 1. The van der Waals surface area contributed by atoms with Gasteiger partial charge in [0.05, 0.1) is 12.2 Å². The molecule has 1 aromatic rings. The minimum atomic E-state index is -0.530. The van der Waals surface area contributed by atoms with Crippen molar-refractivity contribution >= 4 is 5.78 Å². The fraction of sp³-hybridized carbons (Fsp3) is 0.720. The molecule has 0 radical (unpaired) electrons. The fourth-order valence-electron chi connectivity index (χ4n) is 4.26. The molecule has 3 rings (SSSR count). The van der Waals surface area contributed by atoms with Gasteiger partial charge in [0.1, 0.15) is 0 Å². The Morgan fingerprint density at radius 1 is 0.862 bits per heavy atom. The molecule has 1 aromatic carbocycles. The van der Waals surface area contributed by atoms with Crippen LogP contribution >= 0.6 is 0 Å². The molecule has 2 aliphatic rings. The zero-order valence-corrected chi connectivity index (χ0v) is 19.6. The topological polar surface area (TPSA) is 44.8 Å². The van der Waals surface area contributed by atoms with Gasteiger partial charge in [0.2, 0.25) is 0 Å². The van der Waals surface area contributed by atoms with Crippen molar-refractivity contribution in [2.75, 3.05) is 0 Å². The lowest BCUT2D eigenvalue weighted by atomic mass is 9.79. The van der Waals surface area contributed by atoms with E-state index in [1.54, 1.807) is 6.92 Å². The predicted molar refractivity (Wildman–Crippen MR) is 117 cm³/mol. The van der Waals surface area contributed by atoms with Crippen LogP contribution in [0.3, 0.4) is 0 Å². The highest BCUT2D eigenvalue weighted by Gasteiger charge is 2.50. The Labute approximate surface area is 177 Å². The summed E-state index contributed by atoms with van der Waals surface area (Å²) in [4.78, 5) is 10.6. The second-order valence-electron chi connectivity index (χ2n) is 9.31.